The number of anilines is 3. The summed E-state index contributed by atoms with van der Waals surface area (Å²) in [6.45, 7) is 17.6. The standard InChI is InChI=1S/C37H48N4O5/c1-7-23-39(28-15-13-12-14-16-28)33(43)30-31-34(44)41(26(6)25-42)32(37(31)22-21-36(30,9-3)46-37)35(45)40(24-8-2)29-19-17-27(18-20-29)38(10-4)11-5/h7-8,12-20,26,30-32,42H,1-2,9-11,21-25H2,3-6H3/t26-,30+,31+,32?,36-,37?/m1/s1. The van der Waals surface area contributed by atoms with Crippen LogP contribution in [0.25, 0.3) is 0 Å². The van der Waals surface area contributed by atoms with Crippen molar-refractivity contribution >= 4 is 34.8 Å². The Morgan fingerprint density at radius 2 is 1.50 bits per heavy atom. The summed E-state index contributed by atoms with van der Waals surface area (Å²) in [7, 11) is 0. The summed E-state index contributed by atoms with van der Waals surface area (Å²) in [4.78, 5) is 51.2. The van der Waals surface area contributed by atoms with E-state index in [1.54, 1.807) is 28.9 Å². The van der Waals surface area contributed by atoms with Gasteiger partial charge in [0, 0.05) is 43.2 Å². The summed E-state index contributed by atoms with van der Waals surface area (Å²) in [5.74, 6) is -2.52. The summed E-state index contributed by atoms with van der Waals surface area (Å²) in [6.07, 6.45) is 4.87. The van der Waals surface area contributed by atoms with E-state index in [-0.39, 0.29) is 37.4 Å². The van der Waals surface area contributed by atoms with E-state index in [2.05, 4.69) is 31.9 Å². The largest absolute Gasteiger partial charge is 0.394 e. The second-order valence-corrected chi connectivity index (χ2v) is 12.6. The SMILES string of the molecule is C=CCN(C(=O)C1N([C@H](C)CO)C(=O)[C@@H]2[C@@H](C(=O)N(CC=C)c3ccccc3)[C@@]3(CC)CCC12O3)c1ccc(N(CC)CC)cc1. The number of benzene rings is 2. The van der Waals surface area contributed by atoms with Gasteiger partial charge in [0.1, 0.15) is 11.6 Å². The molecule has 0 aromatic heterocycles. The molecule has 3 fully saturated rings. The highest BCUT2D eigenvalue weighted by atomic mass is 16.5. The van der Waals surface area contributed by atoms with Crippen LogP contribution in [0.5, 0.6) is 0 Å². The Bertz CT molecular complexity index is 1440. The third-order valence-electron chi connectivity index (χ3n) is 10.4. The van der Waals surface area contributed by atoms with Gasteiger partial charge in [0.2, 0.25) is 11.8 Å². The zero-order valence-corrected chi connectivity index (χ0v) is 27.6. The zero-order chi connectivity index (χ0) is 33.2. The van der Waals surface area contributed by atoms with Crippen LogP contribution < -0.4 is 14.7 Å². The van der Waals surface area contributed by atoms with Crippen molar-refractivity contribution in [3.05, 3.63) is 79.9 Å². The number of ether oxygens (including phenoxy) is 1. The van der Waals surface area contributed by atoms with Crippen LogP contribution in [0.1, 0.15) is 47.0 Å². The van der Waals surface area contributed by atoms with Gasteiger partial charge in [-0.25, -0.2) is 0 Å². The molecule has 2 unspecified atom stereocenters. The molecule has 1 spiro atoms. The van der Waals surface area contributed by atoms with Gasteiger partial charge in [-0.2, -0.15) is 0 Å². The smallest absolute Gasteiger partial charge is 0.253 e. The molecule has 9 nitrogen and oxygen atoms in total. The van der Waals surface area contributed by atoms with E-state index >= 15 is 0 Å². The number of aliphatic hydroxyl groups is 1. The van der Waals surface area contributed by atoms with Crippen molar-refractivity contribution in [3.63, 3.8) is 0 Å². The molecule has 3 saturated heterocycles. The number of aliphatic hydroxyl groups excluding tert-OH is 1. The fourth-order valence-corrected chi connectivity index (χ4v) is 8.13. The number of amides is 3. The van der Waals surface area contributed by atoms with E-state index in [0.717, 1.165) is 18.8 Å². The summed E-state index contributed by atoms with van der Waals surface area (Å²) >= 11 is 0. The van der Waals surface area contributed by atoms with E-state index in [1.807, 2.05) is 61.5 Å². The molecule has 6 atom stereocenters. The molecular weight excluding hydrogens is 580 g/mol. The van der Waals surface area contributed by atoms with Gasteiger partial charge in [0.15, 0.2) is 0 Å². The van der Waals surface area contributed by atoms with Crippen LogP contribution in [-0.4, -0.2) is 83.8 Å². The van der Waals surface area contributed by atoms with Crippen LogP contribution in [0.2, 0.25) is 0 Å². The Kier molecular flexibility index (Phi) is 9.75. The fraction of sp³-hybridized carbons (Fsp3) is 0.486. The average molecular weight is 629 g/mol. The molecule has 46 heavy (non-hydrogen) atoms. The van der Waals surface area contributed by atoms with Gasteiger partial charge >= 0.3 is 0 Å². The van der Waals surface area contributed by atoms with Crippen molar-refractivity contribution < 1.29 is 24.2 Å². The topological polar surface area (TPSA) is 93.6 Å². The first-order chi connectivity index (χ1) is 22.2. The molecule has 2 aromatic carbocycles. The summed E-state index contributed by atoms with van der Waals surface area (Å²) in [6, 6.07) is 15.5. The van der Waals surface area contributed by atoms with Gasteiger partial charge in [0.05, 0.1) is 30.1 Å². The Morgan fingerprint density at radius 3 is 2.04 bits per heavy atom. The highest BCUT2D eigenvalue weighted by Gasteiger charge is 2.79. The number of carbonyl (C=O) groups is 3. The summed E-state index contributed by atoms with van der Waals surface area (Å²) < 4.78 is 6.99. The second kappa shape index (κ2) is 13.4. The highest BCUT2D eigenvalue weighted by molar-refractivity contribution is 6.07. The Labute approximate surface area is 273 Å². The third-order valence-corrected chi connectivity index (χ3v) is 10.4. The van der Waals surface area contributed by atoms with Crippen LogP contribution in [0, 0.1) is 11.8 Å². The van der Waals surface area contributed by atoms with E-state index < -0.39 is 35.1 Å². The predicted molar refractivity (Wildman–Crippen MR) is 182 cm³/mol. The first-order valence-electron chi connectivity index (χ1n) is 16.6. The maximum Gasteiger partial charge on any atom is 0.253 e. The van der Waals surface area contributed by atoms with Gasteiger partial charge in [0.25, 0.3) is 5.91 Å². The van der Waals surface area contributed by atoms with Crippen LogP contribution >= 0.6 is 0 Å². The lowest BCUT2D eigenvalue weighted by atomic mass is 9.64. The zero-order valence-electron chi connectivity index (χ0n) is 27.6. The van der Waals surface area contributed by atoms with Crippen LogP contribution in [0.4, 0.5) is 17.1 Å². The van der Waals surface area contributed by atoms with Gasteiger partial charge in [-0.15, -0.1) is 13.2 Å². The number of hydrogen-bond acceptors (Lipinski definition) is 6. The Balaban J connectivity index is 1.59. The minimum Gasteiger partial charge on any atom is -0.394 e. The van der Waals surface area contributed by atoms with E-state index in [4.69, 9.17) is 4.74 Å². The molecule has 3 aliphatic heterocycles. The van der Waals surface area contributed by atoms with E-state index in [9.17, 15) is 19.5 Å². The number of hydrogen-bond donors (Lipinski definition) is 1. The molecule has 2 aromatic rings. The Morgan fingerprint density at radius 1 is 0.935 bits per heavy atom. The fourth-order valence-electron chi connectivity index (χ4n) is 8.13. The minimum atomic E-state index is -1.22. The van der Waals surface area contributed by atoms with E-state index in [0.29, 0.717) is 30.6 Å². The molecule has 2 bridgehead atoms. The van der Waals surface area contributed by atoms with Crippen molar-refractivity contribution in [1.29, 1.82) is 0 Å². The van der Waals surface area contributed by atoms with Gasteiger partial charge < -0.3 is 29.4 Å². The lowest BCUT2D eigenvalue weighted by Gasteiger charge is -2.38. The Hall–Kier alpha value is -3.95. The minimum absolute atomic E-state index is 0.215. The summed E-state index contributed by atoms with van der Waals surface area (Å²) in [5, 5.41) is 10.3. The van der Waals surface area contributed by atoms with Gasteiger partial charge in [-0.1, -0.05) is 37.3 Å². The molecule has 0 saturated carbocycles. The average Bonchev–Trinajstić information content (AvgIpc) is 3.70. The first kappa shape index (κ1) is 33.4. The summed E-state index contributed by atoms with van der Waals surface area (Å²) in [5.41, 5.74) is 0.325. The van der Waals surface area contributed by atoms with Crippen LogP contribution in [0.3, 0.4) is 0 Å². The number of rotatable bonds is 14. The monoisotopic (exact) mass is 628 g/mol. The molecule has 3 heterocycles. The third kappa shape index (κ3) is 5.23. The van der Waals surface area contributed by atoms with Crippen molar-refractivity contribution in [2.75, 3.05) is 47.5 Å². The molecule has 3 amide bonds. The van der Waals surface area contributed by atoms with E-state index in [1.165, 1.54) is 4.90 Å². The van der Waals surface area contributed by atoms with Crippen LogP contribution in [0.15, 0.2) is 79.9 Å². The number of para-hydroxylation sites is 1. The maximum atomic E-state index is 14.9. The lowest BCUT2D eigenvalue weighted by molar-refractivity contribution is -0.149. The van der Waals surface area contributed by atoms with Gasteiger partial charge in [-0.3, -0.25) is 14.4 Å². The maximum absolute atomic E-state index is 14.9. The molecule has 3 aliphatic rings. The second-order valence-electron chi connectivity index (χ2n) is 12.6. The molecular formula is C37H48N4O5. The molecule has 246 valence electrons. The lowest BCUT2D eigenvalue weighted by Crippen LogP contribution is -2.58. The van der Waals surface area contributed by atoms with Crippen molar-refractivity contribution in [3.8, 4) is 0 Å². The van der Waals surface area contributed by atoms with Crippen molar-refractivity contribution in [2.24, 2.45) is 11.8 Å². The van der Waals surface area contributed by atoms with Crippen LogP contribution in [-0.2, 0) is 19.1 Å². The van der Waals surface area contributed by atoms with Crippen molar-refractivity contribution in [1.82, 2.24) is 4.90 Å². The molecule has 1 N–H and O–H groups in total. The first-order valence-corrected chi connectivity index (χ1v) is 16.6. The number of nitrogens with zero attached hydrogens (tertiary/aromatic N) is 4. The normalized spacial score (nSPS) is 26.8. The molecule has 5 rings (SSSR count). The number of likely N-dealkylation sites (tertiary alicyclic amines) is 1. The highest BCUT2D eigenvalue weighted by Crippen LogP contribution is 2.65. The van der Waals surface area contributed by atoms with Gasteiger partial charge in [-0.05, 0) is 76.4 Å². The van der Waals surface area contributed by atoms with Crippen molar-refractivity contribution in [2.45, 2.75) is 70.2 Å². The quantitative estimate of drug-likeness (QED) is 0.302. The molecule has 9 heteroatoms. The molecule has 0 aliphatic carbocycles. The number of fused-ring (bicyclic) bond motifs is 1. The predicted octanol–water partition coefficient (Wildman–Crippen LogP) is 4.81. The molecule has 0 radical (unpaired) electrons. The number of carbonyl (C=O) groups excluding carboxylic acids is 3.